The molecule has 0 bridgehead atoms. The van der Waals surface area contributed by atoms with Gasteiger partial charge >= 0.3 is 0 Å². The third-order valence-corrected chi connectivity index (χ3v) is 6.58. The van der Waals surface area contributed by atoms with E-state index in [0.717, 1.165) is 0 Å². The van der Waals surface area contributed by atoms with E-state index in [1.54, 1.807) is 0 Å². The molecule has 0 spiro atoms. The highest BCUT2D eigenvalue weighted by molar-refractivity contribution is 4.51. The second kappa shape index (κ2) is 24.5. The van der Waals surface area contributed by atoms with Gasteiger partial charge in [-0.3, -0.25) is 0 Å². The second-order valence-corrected chi connectivity index (χ2v) is 9.54. The summed E-state index contributed by atoms with van der Waals surface area (Å²) in [6.45, 7) is 15.1. The summed E-state index contributed by atoms with van der Waals surface area (Å²) in [6, 6.07) is 0. The smallest absolute Gasteiger partial charge is 0.0786 e. The molecule has 0 saturated heterocycles. The van der Waals surface area contributed by atoms with Gasteiger partial charge in [0.05, 0.1) is 26.2 Å². The van der Waals surface area contributed by atoms with Gasteiger partial charge in [-0.05, 0) is 32.1 Å². The lowest BCUT2D eigenvalue weighted by atomic mass is 10.0. The lowest BCUT2D eigenvalue weighted by molar-refractivity contribution is -0.928. The molecule has 0 atom stereocenters. The van der Waals surface area contributed by atoms with E-state index in [-0.39, 0.29) is 12.4 Å². The maximum atomic E-state index is 2.37. The summed E-state index contributed by atoms with van der Waals surface area (Å²) in [5, 5.41) is 0. The largest absolute Gasteiger partial charge is 1.00 e. The number of rotatable bonds is 23. The fourth-order valence-corrected chi connectivity index (χ4v) is 5.09. The molecule has 0 fully saturated rings. The van der Waals surface area contributed by atoms with Crippen LogP contribution in [-0.2, 0) is 0 Å². The van der Waals surface area contributed by atoms with Crippen LogP contribution in [0.3, 0.4) is 0 Å². The van der Waals surface area contributed by atoms with Gasteiger partial charge in [-0.2, -0.15) is 0 Å². The third-order valence-electron chi connectivity index (χ3n) is 6.58. The molecule has 0 aromatic heterocycles. The molecule has 0 radical (unpaired) electrons. The van der Waals surface area contributed by atoms with Crippen molar-refractivity contribution in [1.82, 2.24) is 0 Å². The molecular weight excluding hydrogens is 374 g/mol. The number of nitrogens with zero attached hydrogens (tertiary/aromatic N) is 1. The van der Waals surface area contributed by atoms with E-state index in [1.807, 2.05) is 0 Å². The van der Waals surface area contributed by atoms with E-state index in [2.05, 4.69) is 27.7 Å². The van der Waals surface area contributed by atoms with E-state index < -0.39 is 0 Å². The van der Waals surface area contributed by atoms with Gasteiger partial charge in [0, 0.05) is 0 Å². The molecule has 0 aromatic rings. The minimum Gasteiger partial charge on any atom is -1.00 e. The van der Waals surface area contributed by atoms with E-state index in [9.17, 15) is 0 Å². The highest BCUT2D eigenvalue weighted by Gasteiger charge is 2.23. The molecular formula is C27H58ClN. The minimum atomic E-state index is 0. The van der Waals surface area contributed by atoms with Gasteiger partial charge in [0.25, 0.3) is 0 Å². The monoisotopic (exact) mass is 431 g/mol. The van der Waals surface area contributed by atoms with Gasteiger partial charge in [-0.15, -0.1) is 0 Å². The van der Waals surface area contributed by atoms with E-state index in [0.29, 0.717) is 0 Å². The first-order chi connectivity index (χ1) is 13.7. The van der Waals surface area contributed by atoms with Crippen molar-refractivity contribution in [3.05, 3.63) is 0 Å². The van der Waals surface area contributed by atoms with Crippen molar-refractivity contribution in [2.75, 3.05) is 26.2 Å². The Kier molecular flexibility index (Phi) is 26.6. The zero-order valence-corrected chi connectivity index (χ0v) is 21.8. The molecule has 1 nitrogen and oxygen atoms in total. The van der Waals surface area contributed by atoms with Crippen LogP contribution >= 0.6 is 0 Å². The van der Waals surface area contributed by atoms with Crippen LogP contribution < -0.4 is 12.4 Å². The molecule has 0 heterocycles. The fourth-order valence-electron chi connectivity index (χ4n) is 5.09. The van der Waals surface area contributed by atoms with Crippen LogP contribution in [0.25, 0.3) is 0 Å². The number of halogens is 1. The Hall–Kier alpha value is 0.250. The quantitative estimate of drug-likeness (QED) is 0.131. The predicted octanol–water partition coefficient (Wildman–Crippen LogP) is 6.30. The Balaban J connectivity index is 0. The van der Waals surface area contributed by atoms with Gasteiger partial charge in [0.15, 0.2) is 0 Å². The summed E-state index contributed by atoms with van der Waals surface area (Å²) in [5.41, 5.74) is 0. The first-order valence-corrected chi connectivity index (χ1v) is 13.6. The zero-order chi connectivity index (χ0) is 20.8. The van der Waals surface area contributed by atoms with Crippen molar-refractivity contribution < 1.29 is 16.9 Å². The van der Waals surface area contributed by atoms with E-state index in [1.165, 1.54) is 153 Å². The molecule has 0 aliphatic rings. The maximum absolute atomic E-state index is 2.37. The van der Waals surface area contributed by atoms with Gasteiger partial charge in [0.1, 0.15) is 0 Å². The molecule has 0 amide bonds. The van der Waals surface area contributed by atoms with Crippen LogP contribution in [0.15, 0.2) is 0 Å². The molecule has 0 unspecified atom stereocenters. The van der Waals surface area contributed by atoms with Gasteiger partial charge in [0.2, 0.25) is 0 Å². The first kappa shape index (κ1) is 31.4. The molecule has 0 aliphatic carbocycles. The molecule has 0 saturated carbocycles. The van der Waals surface area contributed by atoms with E-state index >= 15 is 0 Å². The van der Waals surface area contributed by atoms with Crippen molar-refractivity contribution in [3.63, 3.8) is 0 Å². The Bertz CT molecular complexity index is 275. The minimum absolute atomic E-state index is 0. The number of hydrogen-bond donors (Lipinski definition) is 0. The highest BCUT2D eigenvalue weighted by Crippen LogP contribution is 2.17. The molecule has 178 valence electrons. The van der Waals surface area contributed by atoms with Crippen LogP contribution in [0, 0.1) is 0 Å². The molecule has 0 aliphatic heterocycles. The summed E-state index contributed by atoms with van der Waals surface area (Å²) in [5.74, 6) is 0. The average Bonchev–Trinajstić information content (AvgIpc) is 2.68. The Morgan fingerprint density at radius 3 is 0.862 bits per heavy atom. The van der Waals surface area contributed by atoms with Crippen molar-refractivity contribution in [2.45, 2.75) is 150 Å². The molecule has 29 heavy (non-hydrogen) atoms. The summed E-state index contributed by atoms with van der Waals surface area (Å²) >= 11 is 0. The van der Waals surface area contributed by atoms with Crippen LogP contribution in [0.2, 0.25) is 0 Å². The van der Waals surface area contributed by atoms with Crippen LogP contribution in [0.1, 0.15) is 150 Å². The maximum Gasteiger partial charge on any atom is 0.0786 e. The average molecular weight is 432 g/mol. The Morgan fingerprint density at radius 1 is 0.310 bits per heavy atom. The van der Waals surface area contributed by atoms with Gasteiger partial charge < -0.3 is 16.9 Å². The van der Waals surface area contributed by atoms with Crippen LogP contribution in [0.5, 0.6) is 0 Å². The summed E-state index contributed by atoms with van der Waals surface area (Å²) in [6.07, 6.45) is 27.5. The molecule has 0 rings (SSSR count). The number of hydrogen-bond acceptors (Lipinski definition) is 0. The van der Waals surface area contributed by atoms with Crippen molar-refractivity contribution in [1.29, 1.82) is 0 Å². The standard InChI is InChI=1S/C27H58N.ClH/c1-5-9-10-11-12-13-14-15-16-17-18-19-20-21-22-23-27-28(24-6-2,25-7-3)26-8-4;/h5-27H2,1-4H3;1H/q+1;/p-1. The van der Waals surface area contributed by atoms with Crippen molar-refractivity contribution in [3.8, 4) is 0 Å². The molecule has 0 aromatic carbocycles. The lowest BCUT2D eigenvalue weighted by Crippen LogP contribution is -3.00. The number of quaternary nitrogens is 1. The number of unbranched alkanes of at least 4 members (excludes halogenated alkanes) is 15. The normalized spacial score (nSPS) is 11.6. The highest BCUT2D eigenvalue weighted by atomic mass is 35.5. The van der Waals surface area contributed by atoms with E-state index in [4.69, 9.17) is 0 Å². The first-order valence-electron chi connectivity index (χ1n) is 13.6. The third kappa shape index (κ3) is 19.9. The van der Waals surface area contributed by atoms with Crippen molar-refractivity contribution in [2.24, 2.45) is 0 Å². The molecule has 2 heteroatoms. The SMILES string of the molecule is CCCCCCCCCCCCCCCCCC[N+](CCC)(CCC)CCC.[Cl-]. The van der Waals surface area contributed by atoms with Gasteiger partial charge in [-0.25, -0.2) is 0 Å². The van der Waals surface area contributed by atoms with Gasteiger partial charge in [-0.1, -0.05) is 118 Å². The summed E-state index contributed by atoms with van der Waals surface area (Å²) < 4.78 is 1.40. The second-order valence-electron chi connectivity index (χ2n) is 9.54. The topological polar surface area (TPSA) is 0 Å². The van der Waals surface area contributed by atoms with Crippen molar-refractivity contribution >= 4 is 0 Å². The zero-order valence-electron chi connectivity index (χ0n) is 21.1. The summed E-state index contributed by atoms with van der Waals surface area (Å²) in [4.78, 5) is 0. The lowest BCUT2D eigenvalue weighted by Gasteiger charge is -2.38. The predicted molar refractivity (Wildman–Crippen MR) is 130 cm³/mol. The Morgan fingerprint density at radius 2 is 0.586 bits per heavy atom. The fraction of sp³-hybridized carbons (Fsp3) is 1.00. The molecule has 0 N–H and O–H groups in total. The van der Waals surface area contributed by atoms with Crippen LogP contribution in [-0.4, -0.2) is 30.7 Å². The Labute approximate surface area is 192 Å². The summed E-state index contributed by atoms with van der Waals surface area (Å²) in [7, 11) is 0. The van der Waals surface area contributed by atoms with Crippen LogP contribution in [0.4, 0.5) is 0 Å².